The highest BCUT2D eigenvalue weighted by Crippen LogP contribution is 2.40. The summed E-state index contributed by atoms with van der Waals surface area (Å²) in [5, 5.41) is 29.5. The molecule has 2 aliphatic rings. The largest absolute Gasteiger partial charge is 0.508 e. The molecule has 6 nitrogen and oxygen atoms in total. The van der Waals surface area contributed by atoms with Gasteiger partial charge in [-0.2, -0.15) is 0 Å². The first kappa shape index (κ1) is 13.9. The van der Waals surface area contributed by atoms with Crippen LogP contribution in [0.25, 0.3) is 0 Å². The SMILES string of the molecule is O=C1CCC(C2Oc3cc(O)cc(O)c3CC2O)CC1=O. The molecular formula is C15H16O6. The second kappa shape index (κ2) is 5.04. The fraction of sp³-hybridized carbons (Fsp3) is 0.467. The van der Waals surface area contributed by atoms with E-state index in [0.717, 1.165) is 0 Å². The summed E-state index contributed by atoms with van der Waals surface area (Å²) < 4.78 is 5.70. The molecule has 1 aliphatic heterocycles. The minimum Gasteiger partial charge on any atom is -0.508 e. The number of phenols is 2. The van der Waals surface area contributed by atoms with Crippen molar-refractivity contribution in [2.24, 2.45) is 5.92 Å². The van der Waals surface area contributed by atoms with E-state index in [9.17, 15) is 24.9 Å². The number of phenolic OH excluding ortho intramolecular Hbond substituents is 2. The molecule has 3 unspecified atom stereocenters. The average molecular weight is 292 g/mol. The number of hydrogen-bond acceptors (Lipinski definition) is 6. The molecule has 0 saturated heterocycles. The molecule has 6 heteroatoms. The summed E-state index contributed by atoms with van der Waals surface area (Å²) in [6.07, 6.45) is -0.554. The number of fused-ring (bicyclic) bond motifs is 1. The van der Waals surface area contributed by atoms with Crippen molar-refractivity contribution in [2.45, 2.75) is 37.9 Å². The molecule has 0 aromatic heterocycles. The van der Waals surface area contributed by atoms with Crippen LogP contribution in [0.5, 0.6) is 17.2 Å². The molecular weight excluding hydrogens is 276 g/mol. The van der Waals surface area contributed by atoms with E-state index < -0.39 is 18.0 Å². The Morgan fingerprint density at radius 3 is 2.57 bits per heavy atom. The van der Waals surface area contributed by atoms with Crippen LogP contribution in [-0.4, -0.2) is 39.1 Å². The predicted octanol–water partition coefficient (Wildman–Crippen LogP) is 0.700. The summed E-state index contributed by atoms with van der Waals surface area (Å²) in [5.74, 6) is -0.970. The minimum absolute atomic E-state index is 0.0701. The van der Waals surface area contributed by atoms with Gasteiger partial charge in [-0.15, -0.1) is 0 Å². The van der Waals surface area contributed by atoms with Crippen LogP contribution in [0.3, 0.4) is 0 Å². The lowest BCUT2D eigenvalue weighted by molar-refractivity contribution is -0.141. The third kappa shape index (κ3) is 2.47. The maximum Gasteiger partial charge on any atom is 0.198 e. The van der Waals surface area contributed by atoms with E-state index in [-0.39, 0.29) is 42.5 Å². The van der Waals surface area contributed by atoms with Crippen molar-refractivity contribution in [1.82, 2.24) is 0 Å². The number of hydrogen-bond donors (Lipinski definition) is 3. The van der Waals surface area contributed by atoms with Crippen molar-refractivity contribution in [1.29, 1.82) is 0 Å². The molecule has 112 valence electrons. The van der Waals surface area contributed by atoms with E-state index in [2.05, 4.69) is 0 Å². The first-order chi connectivity index (χ1) is 9.95. The van der Waals surface area contributed by atoms with Gasteiger partial charge in [0.05, 0.1) is 6.10 Å². The molecule has 0 bridgehead atoms. The van der Waals surface area contributed by atoms with Crippen molar-refractivity contribution in [2.75, 3.05) is 0 Å². The molecule has 3 rings (SSSR count). The van der Waals surface area contributed by atoms with Crippen molar-refractivity contribution >= 4 is 11.6 Å². The highest BCUT2D eigenvalue weighted by atomic mass is 16.5. The van der Waals surface area contributed by atoms with Crippen LogP contribution in [-0.2, 0) is 16.0 Å². The van der Waals surface area contributed by atoms with Gasteiger partial charge in [0.25, 0.3) is 0 Å². The predicted molar refractivity (Wildman–Crippen MR) is 71.3 cm³/mol. The fourth-order valence-electron chi connectivity index (χ4n) is 3.08. The lowest BCUT2D eigenvalue weighted by Gasteiger charge is -2.37. The molecule has 1 aliphatic carbocycles. The van der Waals surface area contributed by atoms with E-state index in [1.807, 2.05) is 0 Å². The monoisotopic (exact) mass is 292 g/mol. The maximum absolute atomic E-state index is 11.5. The standard InChI is InChI=1S/C15H16O6/c16-8-4-11(18)9-6-13(20)15(21-14(9)5-8)7-1-2-10(17)12(19)3-7/h4-5,7,13,15-16,18,20H,1-3,6H2. The number of benzene rings is 1. The van der Waals surface area contributed by atoms with Gasteiger partial charge in [0.1, 0.15) is 23.4 Å². The van der Waals surface area contributed by atoms with Crippen LogP contribution >= 0.6 is 0 Å². The molecule has 0 radical (unpaired) electrons. The summed E-state index contributed by atoms with van der Waals surface area (Å²) in [6.45, 7) is 0. The summed E-state index contributed by atoms with van der Waals surface area (Å²) in [7, 11) is 0. The average Bonchev–Trinajstić information content (AvgIpc) is 2.42. The Morgan fingerprint density at radius 1 is 1.10 bits per heavy atom. The smallest absolute Gasteiger partial charge is 0.198 e. The summed E-state index contributed by atoms with van der Waals surface area (Å²) >= 11 is 0. The third-order valence-corrected chi connectivity index (χ3v) is 4.19. The van der Waals surface area contributed by atoms with Crippen LogP contribution in [0.4, 0.5) is 0 Å². The van der Waals surface area contributed by atoms with Crippen LogP contribution in [0, 0.1) is 5.92 Å². The summed E-state index contributed by atoms with van der Waals surface area (Å²) in [5.41, 5.74) is 0.440. The number of rotatable bonds is 1. The number of ether oxygens (including phenoxy) is 1. The summed E-state index contributed by atoms with van der Waals surface area (Å²) in [6, 6.07) is 2.57. The quantitative estimate of drug-likeness (QED) is 0.658. The molecule has 1 fully saturated rings. The molecule has 0 amide bonds. The molecule has 1 aromatic carbocycles. The first-order valence-electron chi connectivity index (χ1n) is 6.91. The normalized spacial score (nSPS) is 28.9. The third-order valence-electron chi connectivity index (χ3n) is 4.19. The first-order valence-corrected chi connectivity index (χ1v) is 6.91. The number of carbonyl (C=O) groups is 2. The number of aliphatic hydroxyl groups excluding tert-OH is 1. The summed E-state index contributed by atoms with van der Waals surface area (Å²) in [4.78, 5) is 22.8. The molecule has 3 atom stereocenters. The molecule has 0 spiro atoms. The van der Waals surface area contributed by atoms with E-state index >= 15 is 0 Å². The van der Waals surface area contributed by atoms with Gasteiger partial charge in [0.2, 0.25) is 0 Å². The topological polar surface area (TPSA) is 104 Å². The van der Waals surface area contributed by atoms with Gasteiger partial charge in [-0.1, -0.05) is 0 Å². The van der Waals surface area contributed by atoms with Crippen LogP contribution in [0.1, 0.15) is 24.8 Å². The fourth-order valence-corrected chi connectivity index (χ4v) is 3.08. The van der Waals surface area contributed by atoms with E-state index in [1.165, 1.54) is 12.1 Å². The molecule has 1 heterocycles. The maximum atomic E-state index is 11.5. The Morgan fingerprint density at radius 2 is 1.86 bits per heavy atom. The molecule has 3 N–H and O–H groups in total. The zero-order chi connectivity index (χ0) is 15.1. The van der Waals surface area contributed by atoms with E-state index in [4.69, 9.17) is 4.74 Å². The van der Waals surface area contributed by atoms with Crippen molar-refractivity contribution < 1.29 is 29.6 Å². The van der Waals surface area contributed by atoms with Crippen molar-refractivity contribution in [3.8, 4) is 17.2 Å². The van der Waals surface area contributed by atoms with Crippen molar-refractivity contribution in [3.05, 3.63) is 17.7 Å². The zero-order valence-electron chi connectivity index (χ0n) is 11.3. The number of aliphatic hydroxyl groups is 1. The highest BCUT2D eigenvalue weighted by molar-refractivity contribution is 6.37. The minimum atomic E-state index is -0.862. The Bertz CT molecular complexity index is 608. The van der Waals surface area contributed by atoms with Crippen LogP contribution in [0.2, 0.25) is 0 Å². The second-order valence-corrected chi connectivity index (χ2v) is 5.64. The van der Waals surface area contributed by atoms with Gasteiger partial charge in [-0.25, -0.2) is 0 Å². The molecule has 1 saturated carbocycles. The van der Waals surface area contributed by atoms with Gasteiger partial charge in [-0.05, 0) is 6.42 Å². The van der Waals surface area contributed by atoms with Gasteiger partial charge in [0.15, 0.2) is 11.6 Å². The molecule has 1 aromatic rings. The van der Waals surface area contributed by atoms with Gasteiger partial charge in [-0.3, -0.25) is 9.59 Å². The van der Waals surface area contributed by atoms with E-state index in [0.29, 0.717) is 17.7 Å². The van der Waals surface area contributed by atoms with Crippen LogP contribution in [0.15, 0.2) is 12.1 Å². The highest BCUT2D eigenvalue weighted by Gasteiger charge is 2.40. The second-order valence-electron chi connectivity index (χ2n) is 5.64. The van der Waals surface area contributed by atoms with Gasteiger partial charge >= 0.3 is 0 Å². The lowest BCUT2D eigenvalue weighted by atomic mass is 9.80. The lowest BCUT2D eigenvalue weighted by Crippen LogP contribution is -2.45. The van der Waals surface area contributed by atoms with Gasteiger partial charge in [0, 0.05) is 42.9 Å². The molecule has 21 heavy (non-hydrogen) atoms. The van der Waals surface area contributed by atoms with Gasteiger partial charge < -0.3 is 20.1 Å². The zero-order valence-corrected chi connectivity index (χ0v) is 11.3. The Balaban J connectivity index is 1.85. The van der Waals surface area contributed by atoms with Crippen LogP contribution < -0.4 is 4.74 Å². The van der Waals surface area contributed by atoms with E-state index in [1.54, 1.807) is 0 Å². The Kier molecular flexibility index (Phi) is 3.33. The van der Waals surface area contributed by atoms with Crippen molar-refractivity contribution in [3.63, 3.8) is 0 Å². The number of carbonyl (C=O) groups excluding carboxylic acids is 2. The Labute approximate surface area is 121 Å². The number of ketones is 2. The number of aromatic hydroxyl groups is 2. The number of Topliss-reactive ketones (excluding diaryl/α,β-unsaturated/α-hetero) is 2. The Hall–Kier alpha value is -2.08.